The van der Waals surface area contributed by atoms with Crippen LogP contribution in [0.5, 0.6) is 5.75 Å². The van der Waals surface area contributed by atoms with Gasteiger partial charge in [-0.05, 0) is 24.6 Å². The highest BCUT2D eigenvalue weighted by Crippen LogP contribution is 2.65. The van der Waals surface area contributed by atoms with Crippen molar-refractivity contribution in [3.05, 3.63) is 60.2 Å². The van der Waals surface area contributed by atoms with Gasteiger partial charge in [-0.3, -0.25) is 4.79 Å². The second-order valence-electron chi connectivity index (χ2n) is 5.46. The van der Waals surface area contributed by atoms with Crippen LogP contribution in [0.4, 0.5) is 5.69 Å². The summed E-state index contributed by atoms with van der Waals surface area (Å²) < 4.78 is 4.44. The Kier molecular flexibility index (Phi) is 4.51. The summed E-state index contributed by atoms with van der Waals surface area (Å²) >= 11 is 12.7. The summed E-state index contributed by atoms with van der Waals surface area (Å²) in [5.74, 6) is -0.250. The largest absolute Gasteiger partial charge is 0.492 e. The fourth-order valence-electron chi connectivity index (χ4n) is 2.79. The molecule has 3 rings (SSSR count). The number of hydrogen-bond donors (Lipinski definition) is 1. The zero-order valence-corrected chi connectivity index (χ0v) is 14.1. The molecule has 1 aliphatic carbocycles. The molecule has 0 radical (unpaired) electrons. The van der Waals surface area contributed by atoms with Crippen LogP contribution in [0.2, 0.25) is 0 Å². The topological polar surface area (TPSA) is 38.3 Å². The summed E-state index contributed by atoms with van der Waals surface area (Å²) in [4.78, 5) is 12.6. The Morgan fingerprint density at radius 1 is 1.13 bits per heavy atom. The number of carbonyl (C=O) groups excluding carboxylic acids is 1. The maximum absolute atomic E-state index is 12.6. The molecule has 0 bridgehead atoms. The SMILES string of the molecule is CCOc1ccccc1NC(=O)[C@H]1[C@H](c2ccccc2)C1(Cl)Cl. The Hall–Kier alpha value is -1.71. The monoisotopic (exact) mass is 349 g/mol. The molecule has 0 saturated heterocycles. The summed E-state index contributed by atoms with van der Waals surface area (Å²) in [5.41, 5.74) is 1.60. The quantitative estimate of drug-likeness (QED) is 0.800. The first-order valence-electron chi connectivity index (χ1n) is 7.51. The summed E-state index contributed by atoms with van der Waals surface area (Å²) in [6, 6.07) is 16.9. The molecule has 120 valence electrons. The van der Waals surface area contributed by atoms with Crippen LogP contribution in [-0.2, 0) is 4.79 Å². The van der Waals surface area contributed by atoms with Gasteiger partial charge in [0, 0.05) is 5.92 Å². The third-order valence-corrected chi connectivity index (χ3v) is 4.88. The Morgan fingerprint density at radius 3 is 2.48 bits per heavy atom. The van der Waals surface area contributed by atoms with E-state index < -0.39 is 10.3 Å². The van der Waals surface area contributed by atoms with Crippen molar-refractivity contribution in [3.63, 3.8) is 0 Å². The molecule has 0 aromatic heterocycles. The molecule has 0 unspecified atom stereocenters. The van der Waals surface area contributed by atoms with Gasteiger partial charge < -0.3 is 10.1 Å². The Labute approximate surface area is 145 Å². The number of amides is 1. The van der Waals surface area contributed by atoms with E-state index in [2.05, 4.69) is 5.32 Å². The van der Waals surface area contributed by atoms with Gasteiger partial charge in [-0.15, -0.1) is 23.2 Å². The van der Waals surface area contributed by atoms with Crippen LogP contribution in [0, 0.1) is 5.92 Å². The van der Waals surface area contributed by atoms with Crippen LogP contribution in [0.25, 0.3) is 0 Å². The number of alkyl halides is 2. The number of hydrogen-bond acceptors (Lipinski definition) is 2. The van der Waals surface area contributed by atoms with Gasteiger partial charge in [0.2, 0.25) is 5.91 Å². The predicted molar refractivity (Wildman–Crippen MR) is 93.4 cm³/mol. The lowest BCUT2D eigenvalue weighted by Gasteiger charge is -2.11. The van der Waals surface area contributed by atoms with Gasteiger partial charge >= 0.3 is 0 Å². The van der Waals surface area contributed by atoms with Crippen molar-refractivity contribution in [3.8, 4) is 5.75 Å². The number of rotatable bonds is 5. The highest BCUT2D eigenvalue weighted by Gasteiger charge is 2.67. The number of ether oxygens (including phenoxy) is 1. The van der Waals surface area contributed by atoms with E-state index in [0.717, 1.165) is 5.56 Å². The lowest BCUT2D eigenvalue weighted by Crippen LogP contribution is -2.17. The minimum atomic E-state index is -1.08. The Morgan fingerprint density at radius 2 is 1.78 bits per heavy atom. The molecular formula is C18H17Cl2NO2. The van der Waals surface area contributed by atoms with Crippen molar-refractivity contribution >= 4 is 34.8 Å². The summed E-state index contributed by atoms with van der Waals surface area (Å²) in [6.07, 6.45) is 0. The second kappa shape index (κ2) is 6.42. The average Bonchev–Trinajstić information content (AvgIpc) is 3.13. The van der Waals surface area contributed by atoms with Crippen LogP contribution >= 0.6 is 23.2 Å². The van der Waals surface area contributed by atoms with Gasteiger partial charge in [0.15, 0.2) is 0 Å². The van der Waals surface area contributed by atoms with E-state index in [-0.39, 0.29) is 11.8 Å². The van der Waals surface area contributed by atoms with Crippen molar-refractivity contribution in [1.82, 2.24) is 0 Å². The molecule has 1 aliphatic rings. The first kappa shape index (κ1) is 16.2. The van der Waals surface area contributed by atoms with Crippen LogP contribution < -0.4 is 10.1 Å². The zero-order chi connectivity index (χ0) is 16.4. The van der Waals surface area contributed by atoms with E-state index in [4.69, 9.17) is 27.9 Å². The molecule has 0 aliphatic heterocycles. The minimum absolute atomic E-state index is 0.198. The van der Waals surface area contributed by atoms with Crippen LogP contribution in [-0.4, -0.2) is 16.8 Å². The highest BCUT2D eigenvalue weighted by atomic mass is 35.5. The third-order valence-electron chi connectivity index (χ3n) is 3.94. The first-order chi connectivity index (χ1) is 11.1. The first-order valence-corrected chi connectivity index (χ1v) is 8.26. The van der Waals surface area contributed by atoms with Gasteiger partial charge in [0.1, 0.15) is 10.1 Å². The molecule has 23 heavy (non-hydrogen) atoms. The molecule has 2 atom stereocenters. The van der Waals surface area contributed by atoms with E-state index in [0.29, 0.717) is 18.0 Å². The highest BCUT2D eigenvalue weighted by molar-refractivity contribution is 6.53. The van der Waals surface area contributed by atoms with E-state index in [1.165, 1.54) is 0 Å². The Balaban J connectivity index is 1.77. The standard InChI is InChI=1S/C18H17Cl2NO2/c1-2-23-14-11-7-6-10-13(14)21-17(22)16-15(18(16,19)20)12-8-4-3-5-9-12/h3-11,15-16H,2H2,1H3,(H,21,22)/t15-,16+/m0/s1. The van der Waals surface area contributed by atoms with E-state index in [1.54, 1.807) is 6.07 Å². The second-order valence-corrected chi connectivity index (χ2v) is 6.90. The van der Waals surface area contributed by atoms with E-state index in [1.807, 2.05) is 55.5 Å². The normalized spacial score (nSPS) is 21.5. The molecule has 1 saturated carbocycles. The van der Waals surface area contributed by atoms with Crippen molar-refractivity contribution in [2.24, 2.45) is 5.92 Å². The van der Waals surface area contributed by atoms with Crippen LogP contribution in [0.15, 0.2) is 54.6 Å². The number of carbonyl (C=O) groups is 1. The van der Waals surface area contributed by atoms with Crippen LogP contribution in [0.3, 0.4) is 0 Å². The maximum atomic E-state index is 12.6. The molecule has 2 aromatic carbocycles. The zero-order valence-electron chi connectivity index (χ0n) is 12.6. The molecular weight excluding hydrogens is 333 g/mol. The van der Waals surface area contributed by atoms with Gasteiger partial charge in [-0.1, -0.05) is 42.5 Å². The summed E-state index contributed by atoms with van der Waals surface area (Å²) in [7, 11) is 0. The molecule has 2 aromatic rings. The van der Waals surface area contributed by atoms with Crippen LogP contribution in [0.1, 0.15) is 18.4 Å². The Bertz CT molecular complexity index is 703. The van der Waals surface area contributed by atoms with E-state index >= 15 is 0 Å². The summed E-state index contributed by atoms with van der Waals surface area (Å²) in [6.45, 7) is 2.42. The molecule has 1 N–H and O–H groups in total. The fraction of sp³-hybridized carbons (Fsp3) is 0.278. The molecule has 1 fully saturated rings. The number of anilines is 1. The minimum Gasteiger partial charge on any atom is -0.492 e. The van der Waals surface area contributed by atoms with Gasteiger partial charge in [-0.25, -0.2) is 0 Å². The molecule has 3 nitrogen and oxygen atoms in total. The maximum Gasteiger partial charge on any atom is 0.231 e. The number of benzene rings is 2. The molecule has 1 amide bonds. The average molecular weight is 350 g/mol. The lowest BCUT2D eigenvalue weighted by molar-refractivity contribution is -0.117. The molecule has 0 heterocycles. The number of para-hydroxylation sites is 2. The number of nitrogens with one attached hydrogen (secondary N) is 1. The predicted octanol–water partition coefficient (Wildman–Crippen LogP) is 4.61. The molecule has 0 spiro atoms. The lowest BCUT2D eigenvalue weighted by atomic mass is 10.1. The smallest absolute Gasteiger partial charge is 0.231 e. The molecule has 5 heteroatoms. The third kappa shape index (κ3) is 3.17. The van der Waals surface area contributed by atoms with Crippen molar-refractivity contribution < 1.29 is 9.53 Å². The van der Waals surface area contributed by atoms with Gasteiger partial charge in [0.25, 0.3) is 0 Å². The van der Waals surface area contributed by atoms with E-state index in [9.17, 15) is 4.79 Å². The van der Waals surface area contributed by atoms with Crippen molar-refractivity contribution in [1.29, 1.82) is 0 Å². The fourth-order valence-corrected chi connectivity index (χ4v) is 3.62. The van der Waals surface area contributed by atoms with Gasteiger partial charge in [0.05, 0.1) is 18.2 Å². The van der Waals surface area contributed by atoms with Crippen molar-refractivity contribution in [2.75, 3.05) is 11.9 Å². The van der Waals surface area contributed by atoms with Crippen molar-refractivity contribution in [2.45, 2.75) is 17.2 Å². The summed E-state index contributed by atoms with van der Waals surface area (Å²) in [5, 5.41) is 2.88. The number of halogens is 2. The van der Waals surface area contributed by atoms with Gasteiger partial charge in [-0.2, -0.15) is 0 Å².